The number of hydrogen-bond acceptors (Lipinski definition) is 8. The summed E-state index contributed by atoms with van der Waals surface area (Å²) in [4.78, 5) is 0. The number of sulfonamides is 1. The van der Waals surface area contributed by atoms with Gasteiger partial charge in [-0.15, -0.1) is 10.2 Å². The lowest BCUT2D eigenvalue weighted by molar-refractivity contribution is 0.414. The Hall–Kier alpha value is -0.810. The quantitative estimate of drug-likeness (QED) is 0.432. The molecule has 25 heavy (non-hydrogen) atoms. The molecule has 1 aromatic heterocycles. The topological polar surface area (TPSA) is 72.4 Å². The third kappa shape index (κ3) is 6.78. The smallest absolute Gasteiger partial charge is 0.213 e. The van der Waals surface area contributed by atoms with Gasteiger partial charge in [-0.25, -0.2) is 12.7 Å². The number of ether oxygens (including phenoxy) is 1. The number of hydrogen-bond donors (Lipinski definition) is 0. The van der Waals surface area contributed by atoms with Crippen LogP contribution in [0.4, 0.5) is 0 Å². The maximum Gasteiger partial charge on any atom is 0.213 e. The molecular weight excluding hydrogens is 398 g/mol. The summed E-state index contributed by atoms with van der Waals surface area (Å²) in [5.41, 5.74) is 1.20. The van der Waals surface area contributed by atoms with Gasteiger partial charge in [0.15, 0.2) is 8.68 Å². The van der Waals surface area contributed by atoms with Crippen molar-refractivity contribution < 1.29 is 13.2 Å². The summed E-state index contributed by atoms with van der Waals surface area (Å²) < 4.78 is 31.6. The molecular formula is C15H21N3O3S4. The lowest BCUT2D eigenvalue weighted by Crippen LogP contribution is -2.25. The largest absolute Gasteiger partial charge is 0.497 e. The fraction of sp³-hybridized carbons (Fsp3) is 0.467. The molecule has 0 saturated heterocycles. The second-order valence-corrected chi connectivity index (χ2v) is 11.1. The molecule has 1 aromatic carbocycles. The summed E-state index contributed by atoms with van der Waals surface area (Å²) in [6, 6.07) is 7.96. The van der Waals surface area contributed by atoms with Crippen LogP contribution < -0.4 is 4.74 Å². The second kappa shape index (κ2) is 9.77. The normalized spacial score (nSPS) is 11.8. The molecule has 0 bridgehead atoms. The number of aromatic nitrogens is 2. The van der Waals surface area contributed by atoms with Crippen LogP contribution in [-0.4, -0.2) is 55.6 Å². The van der Waals surface area contributed by atoms with Crippen LogP contribution in [0.2, 0.25) is 0 Å². The van der Waals surface area contributed by atoms with Crippen LogP contribution >= 0.6 is 34.9 Å². The van der Waals surface area contributed by atoms with E-state index in [1.165, 1.54) is 9.87 Å². The van der Waals surface area contributed by atoms with Crippen LogP contribution in [0.5, 0.6) is 5.75 Å². The number of rotatable bonds is 10. The van der Waals surface area contributed by atoms with Crippen LogP contribution in [-0.2, 0) is 15.8 Å². The third-order valence-electron chi connectivity index (χ3n) is 3.24. The Kier molecular flexibility index (Phi) is 8.01. The summed E-state index contributed by atoms with van der Waals surface area (Å²) in [6.45, 7) is 0. The van der Waals surface area contributed by atoms with Gasteiger partial charge in [0.25, 0.3) is 0 Å². The highest BCUT2D eigenvalue weighted by Crippen LogP contribution is 2.31. The van der Waals surface area contributed by atoms with Crippen molar-refractivity contribution in [2.24, 2.45) is 0 Å². The van der Waals surface area contributed by atoms with E-state index in [2.05, 4.69) is 10.2 Å². The van der Waals surface area contributed by atoms with E-state index in [-0.39, 0.29) is 5.75 Å². The molecule has 0 atom stereocenters. The Bertz CT molecular complexity index is 761. The molecule has 1 heterocycles. The SMILES string of the molecule is COc1ccc(CSc2nnc(SCCCS(=O)(=O)N(C)C)s2)cc1. The monoisotopic (exact) mass is 419 g/mol. The van der Waals surface area contributed by atoms with Crippen molar-refractivity contribution in [2.75, 3.05) is 32.7 Å². The van der Waals surface area contributed by atoms with Crippen LogP contribution in [0.1, 0.15) is 12.0 Å². The van der Waals surface area contributed by atoms with Crippen molar-refractivity contribution in [1.29, 1.82) is 0 Å². The molecule has 0 amide bonds. The van der Waals surface area contributed by atoms with Gasteiger partial charge in [-0.2, -0.15) is 0 Å². The van der Waals surface area contributed by atoms with Crippen LogP contribution in [0.3, 0.4) is 0 Å². The first-order valence-electron chi connectivity index (χ1n) is 7.53. The highest BCUT2D eigenvalue weighted by molar-refractivity contribution is 8.02. The summed E-state index contributed by atoms with van der Waals surface area (Å²) in [5, 5.41) is 8.34. The zero-order chi connectivity index (χ0) is 18.3. The third-order valence-corrected chi connectivity index (χ3v) is 8.50. The standard InChI is InChI=1S/C15H21N3O3S4/c1-18(2)25(19,20)10-4-9-22-14-16-17-15(24-14)23-11-12-5-7-13(21-3)8-6-12/h5-8H,4,9-11H2,1-3H3. The van der Waals surface area contributed by atoms with Crippen LogP contribution in [0.15, 0.2) is 32.9 Å². The van der Waals surface area contributed by atoms with E-state index in [0.29, 0.717) is 12.2 Å². The predicted molar refractivity (Wildman–Crippen MR) is 105 cm³/mol. The Morgan fingerprint density at radius 2 is 1.76 bits per heavy atom. The summed E-state index contributed by atoms with van der Waals surface area (Å²) in [7, 11) is 1.65. The van der Waals surface area contributed by atoms with Gasteiger partial charge in [0, 0.05) is 25.6 Å². The van der Waals surface area contributed by atoms with Gasteiger partial charge in [-0.05, 0) is 24.1 Å². The first kappa shape index (κ1) is 20.5. The van der Waals surface area contributed by atoms with Gasteiger partial charge in [0.2, 0.25) is 10.0 Å². The van der Waals surface area contributed by atoms with Gasteiger partial charge in [0.05, 0.1) is 12.9 Å². The first-order valence-corrected chi connectivity index (χ1v) is 11.9. The lowest BCUT2D eigenvalue weighted by Gasteiger charge is -2.10. The van der Waals surface area contributed by atoms with E-state index in [0.717, 1.165) is 20.2 Å². The molecule has 0 spiro atoms. The van der Waals surface area contributed by atoms with Crippen LogP contribution in [0.25, 0.3) is 0 Å². The van der Waals surface area contributed by atoms with E-state index >= 15 is 0 Å². The van der Waals surface area contributed by atoms with Crippen LogP contribution in [0, 0.1) is 0 Å². The van der Waals surface area contributed by atoms with E-state index in [1.54, 1.807) is 56.1 Å². The number of thioether (sulfide) groups is 2. The molecule has 6 nitrogen and oxygen atoms in total. The number of nitrogens with zero attached hydrogens (tertiary/aromatic N) is 3. The Labute approximate surface area is 161 Å². The summed E-state index contributed by atoms with van der Waals surface area (Å²) >= 11 is 4.74. The molecule has 0 fully saturated rings. The fourth-order valence-electron chi connectivity index (χ4n) is 1.76. The molecule has 0 radical (unpaired) electrons. The van der Waals surface area contributed by atoms with Crippen molar-refractivity contribution in [3.05, 3.63) is 29.8 Å². The molecule has 0 aliphatic heterocycles. The average molecular weight is 420 g/mol. The highest BCUT2D eigenvalue weighted by Gasteiger charge is 2.13. The Morgan fingerprint density at radius 3 is 2.36 bits per heavy atom. The Morgan fingerprint density at radius 1 is 1.12 bits per heavy atom. The maximum atomic E-state index is 11.7. The lowest BCUT2D eigenvalue weighted by atomic mass is 10.2. The van der Waals surface area contributed by atoms with Crippen molar-refractivity contribution in [2.45, 2.75) is 20.9 Å². The molecule has 10 heteroatoms. The van der Waals surface area contributed by atoms with Gasteiger partial charge in [-0.3, -0.25) is 0 Å². The molecule has 138 valence electrons. The molecule has 0 unspecified atom stereocenters. The minimum Gasteiger partial charge on any atom is -0.497 e. The summed E-state index contributed by atoms with van der Waals surface area (Å²) in [5.74, 6) is 2.54. The molecule has 0 aliphatic carbocycles. The van der Waals surface area contributed by atoms with Crippen molar-refractivity contribution in [3.8, 4) is 5.75 Å². The highest BCUT2D eigenvalue weighted by atomic mass is 32.2. The average Bonchev–Trinajstić information content (AvgIpc) is 3.05. The molecule has 0 N–H and O–H groups in total. The molecule has 0 aliphatic rings. The van der Waals surface area contributed by atoms with Crippen molar-refractivity contribution in [3.63, 3.8) is 0 Å². The van der Waals surface area contributed by atoms with Gasteiger partial charge in [-0.1, -0.05) is 47.0 Å². The summed E-state index contributed by atoms with van der Waals surface area (Å²) in [6.07, 6.45) is 0.596. The molecule has 0 saturated carbocycles. The van der Waals surface area contributed by atoms with Gasteiger partial charge < -0.3 is 4.74 Å². The minimum atomic E-state index is -3.12. The number of methoxy groups -OCH3 is 1. The zero-order valence-corrected chi connectivity index (χ0v) is 17.6. The maximum absolute atomic E-state index is 11.7. The molecule has 2 aromatic rings. The van der Waals surface area contributed by atoms with E-state index in [4.69, 9.17) is 4.74 Å². The predicted octanol–water partition coefficient (Wildman–Crippen LogP) is 3.21. The van der Waals surface area contributed by atoms with E-state index in [1.807, 2.05) is 24.3 Å². The van der Waals surface area contributed by atoms with Gasteiger partial charge in [0.1, 0.15) is 5.75 Å². The van der Waals surface area contributed by atoms with Crippen molar-refractivity contribution >= 4 is 44.9 Å². The molecule has 2 rings (SSSR count). The van der Waals surface area contributed by atoms with Crippen molar-refractivity contribution in [1.82, 2.24) is 14.5 Å². The second-order valence-electron chi connectivity index (χ2n) is 5.27. The van der Waals surface area contributed by atoms with E-state index < -0.39 is 10.0 Å². The zero-order valence-electron chi connectivity index (χ0n) is 14.3. The number of benzene rings is 1. The first-order chi connectivity index (χ1) is 11.9. The Balaban J connectivity index is 1.74. The van der Waals surface area contributed by atoms with Gasteiger partial charge >= 0.3 is 0 Å². The van der Waals surface area contributed by atoms with E-state index in [9.17, 15) is 8.42 Å². The minimum absolute atomic E-state index is 0.158. The fourth-order valence-corrected chi connectivity index (χ4v) is 5.81.